The third-order valence-electron chi connectivity index (χ3n) is 3.35. The molecule has 0 radical (unpaired) electrons. The van der Waals surface area contributed by atoms with Gasteiger partial charge in [-0.2, -0.15) is 0 Å². The predicted octanol–water partition coefficient (Wildman–Crippen LogP) is 2.60. The summed E-state index contributed by atoms with van der Waals surface area (Å²) in [6.07, 6.45) is 2.09. The second-order valence-corrected chi connectivity index (χ2v) is 5.94. The molecule has 0 spiro atoms. The van der Waals surface area contributed by atoms with Crippen molar-refractivity contribution in [2.75, 3.05) is 25.0 Å². The standard InChI is InChI=1S/C18H26N2O3/c1-5-8-20(9-10-21)18(23)15-6-7-16(14(4)12-15)19-17(22)11-13(2)3/h5-7,12-13,21H,1,8-11H2,2-4H3,(H,19,22). The molecule has 1 aromatic rings. The number of rotatable bonds is 8. The number of carbonyl (C=O) groups is 2. The Balaban J connectivity index is 2.87. The van der Waals surface area contributed by atoms with Crippen molar-refractivity contribution < 1.29 is 14.7 Å². The predicted molar refractivity (Wildman–Crippen MR) is 92.5 cm³/mol. The van der Waals surface area contributed by atoms with Crippen LogP contribution in [0.3, 0.4) is 0 Å². The number of hydrogen-bond donors (Lipinski definition) is 2. The molecule has 0 aliphatic rings. The highest BCUT2D eigenvalue weighted by Gasteiger charge is 2.15. The van der Waals surface area contributed by atoms with Gasteiger partial charge in [0.1, 0.15) is 0 Å². The Morgan fingerprint density at radius 2 is 2.09 bits per heavy atom. The Bertz CT molecular complexity index is 567. The molecule has 0 aliphatic carbocycles. The van der Waals surface area contributed by atoms with Gasteiger partial charge in [-0.1, -0.05) is 19.9 Å². The van der Waals surface area contributed by atoms with Crippen molar-refractivity contribution in [3.8, 4) is 0 Å². The fourth-order valence-corrected chi connectivity index (χ4v) is 2.24. The summed E-state index contributed by atoms with van der Waals surface area (Å²) in [5.41, 5.74) is 2.07. The number of anilines is 1. The molecule has 5 heteroatoms. The number of aryl methyl sites for hydroxylation is 1. The van der Waals surface area contributed by atoms with Crippen LogP contribution in [0.2, 0.25) is 0 Å². The highest BCUT2D eigenvalue weighted by atomic mass is 16.3. The van der Waals surface area contributed by atoms with E-state index in [0.717, 1.165) is 5.56 Å². The molecule has 0 saturated heterocycles. The van der Waals surface area contributed by atoms with Gasteiger partial charge < -0.3 is 15.3 Å². The van der Waals surface area contributed by atoms with E-state index in [1.807, 2.05) is 20.8 Å². The lowest BCUT2D eigenvalue weighted by molar-refractivity contribution is -0.116. The highest BCUT2D eigenvalue weighted by Crippen LogP contribution is 2.18. The molecule has 0 aliphatic heterocycles. The van der Waals surface area contributed by atoms with E-state index in [1.165, 1.54) is 4.90 Å². The number of carbonyl (C=O) groups excluding carboxylic acids is 2. The minimum Gasteiger partial charge on any atom is -0.395 e. The van der Waals surface area contributed by atoms with E-state index in [1.54, 1.807) is 24.3 Å². The third kappa shape index (κ3) is 5.87. The van der Waals surface area contributed by atoms with Crippen LogP contribution in [0.4, 0.5) is 5.69 Å². The van der Waals surface area contributed by atoms with E-state index in [4.69, 9.17) is 5.11 Å². The quantitative estimate of drug-likeness (QED) is 0.724. The van der Waals surface area contributed by atoms with Crippen LogP contribution in [0, 0.1) is 12.8 Å². The number of benzene rings is 1. The Morgan fingerprint density at radius 1 is 1.39 bits per heavy atom. The lowest BCUT2D eigenvalue weighted by Crippen LogP contribution is -2.33. The first-order valence-electron chi connectivity index (χ1n) is 7.80. The molecular weight excluding hydrogens is 292 g/mol. The summed E-state index contributed by atoms with van der Waals surface area (Å²) in [6.45, 7) is 10.0. The van der Waals surface area contributed by atoms with Gasteiger partial charge in [-0.05, 0) is 36.6 Å². The van der Waals surface area contributed by atoms with Crippen LogP contribution < -0.4 is 5.32 Å². The zero-order valence-electron chi connectivity index (χ0n) is 14.1. The largest absolute Gasteiger partial charge is 0.395 e. The fraction of sp³-hybridized carbons (Fsp3) is 0.444. The zero-order valence-corrected chi connectivity index (χ0v) is 14.1. The van der Waals surface area contributed by atoms with Crippen molar-refractivity contribution in [3.05, 3.63) is 42.0 Å². The van der Waals surface area contributed by atoms with Crippen LogP contribution in [0.15, 0.2) is 30.9 Å². The van der Waals surface area contributed by atoms with E-state index in [2.05, 4.69) is 11.9 Å². The Morgan fingerprint density at radius 3 is 2.61 bits per heavy atom. The molecule has 2 amide bonds. The number of aliphatic hydroxyl groups excluding tert-OH is 1. The third-order valence-corrected chi connectivity index (χ3v) is 3.35. The minimum atomic E-state index is -0.165. The summed E-state index contributed by atoms with van der Waals surface area (Å²) >= 11 is 0. The van der Waals surface area contributed by atoms with E-state index < -0.39 is 0 Å². The molecule has 0 fully saturated rings. The molecule has 126 valence electrons. The molecule has 2 N–H and O–H groups in total. The number of nitrogens with one attached hydrogen (secondary N) is 1. The molecular formula is C18H26N2O3. The van der Waals surface area contributed by atoms with Crippen LogP contribution in [-0.4, -0.2) is 41.5 Å². The van der Waals surface area contributed by atoms with E-state index >= 15 is 0 Å². The molecule has 0 saturated carbocycles. The van der Waals surface area contributed by atoms with Gasteiger partial charge in [-0.25, -0.2) is 0 Å². The Hall–Kier alpha value is -2.14. The lowest BCUT2D eigenvalue weighted by atomic mass is 10.1. The first kappa shape index (κ1) is 18.9. The Kier molecular flexibility index (Phi) is 7.48. The minimum absolute atomic E-state index is 0.0317. The summed E-state index contributed by atoms with van der Waals surface area (Å²) < 4.78 is 0. The molecule has 0 aromatic heterocycles. The van der Waals surface area contributed by atoms with Crippen LogP contribution in [0.1, 0.15) is 36.2 Å². The van der Waals surface area contributed by atoms with Gasteiger partial charge in [0.2, 0.25) is 5.91 Å². The molecule has 0 atom stereocenters. The van der Waals surface area contributed by atoms with Crippen molar-refractivity contribution in [1.29, 1.82) is 0 Å². The van der Waals surface area contributed by atoms with Crippen molar-refractivity contribution in [1.82, 2.24) is 4.90 Å². The topological polar surface area (TPSA) is 69.6 Å². The maximum Gasteiger partial charge on any atom is 0.254 e. The molecule has 0 bridgehead atoms. The van der Waals surface area contributed by atoms with E-state index in [0.29, 0.717) is 30.1 Å². The van der Waals surface area contributed by atoms with Gasteiger partial charge in [0.05, 0.1) is 6.61 Å². The molecule has 0 heterocycles. The average Bonchev–Trinajstić information content (AvgIpc) is 2.47. The van der Waals surface area contributed by atoms with Crippen LogP contribution in [-0.2, 0) is 4.79 Å². The number of nitrogens with zero attached hydrogens (tertiary/aromatic N) is 1. The monoisotopic (exact) mass is 318 g/mol. The Labute approximate surface area is 138 Å². The maximum atomic E-state index is 12.4. The number of hydrogen-bond acceptors (Lipinski definition) is 3. The van der Waals surface area contributed by atoms with E-state index in [-0.39, 0.29) is 25.0 Å². The summed E-state index contributed by atoms with van der Waals surface area (Å²) in [4.78, 5) is 25.8. The average molecular weight is 318 g/mol. The zero-order chi connectivity index (χ0) is 17.4. The van der Waals surface area contributed by atoms with Crippen LogP contribution in [0.25, 0.3) is 0 Å². The number of aliphatic hydroxyl groups is 1. The molecule has 5 nitrogen and oxygen atoms in total. The van der Waals surface area contributed by atoms with Crippen molar-refractivity contribution in [2.45, 2.75) is 27.2 Å². The van der Waals surface area contributed by atoms with Crippen molar-refractivity contribution in [2.24, 2.45) is 5.92 Å². The summed E-state index contributed by atoms with van der Waals surface area (Å²) in [5.74, 6) is 0.0972. The van der Waals surface area contributed by atoms with Gasteiger partial charge in [-0.15, -0.1) is 6.58 Å². The number of amides is 2. The summed E-state index contributed by atoms with van der Waals surface area (Å²) in [5, 5.41) is 11.9. The summed E-state index contributed by atoms with van der Waals surface area (Å²) in [7, 11) is 0. The normalized spacial score (nSPS) is 10.5. The maximum absolute atomic E-state index is 12.4. The smallest absolute Gasteiger partial charge is 0.254 e. The fourth-order valence-electron chi connectivity index (χ4n) is 2.24. The summed E-state index contributed by atoms with van der Waals surface area (Å²) in [6, 6.07) is 5.18. The van der Waals surface area contributed by atoms with Gasteiger partial charge in [0, 0.05) is 30.8 Å². The van der Waals surface area contributed by atoms with Gasteiger partial charge in [0.25, 0.3) is 5.91 Å². The van der Waals surface area contributed by atoms with Crippen molar-refractivity contribution in [3.63, 3.8) is 0 Å². The van der Waals surface area contributed by atoms with Crippen LogP contribution >= 0.6 is 0 Å². The second kappa shape index (κ2) is 9.10. The highest BCUT2D eigenvalue weighted by molar-refractivity contribution is 5.96. The SMILES string of the molecule is C=CCN(CCO)C(=O)c1ccc(NC(=O)CC(C)C)c(C)c1. The molecule has 1 aromatic carbocycles. The van der Waals surface area contributed by atoms with E-state index in [9.17, 15) is 9.59 Å². The molecule has 23 heavy (non-hydrogen) atoms. The first-order chi connectivity index (χ1) is 10.9. The second-order valence-electron chi connectivity index (χ2n) is 5.94. The molecule has 0 unspecified atom stereocenters. The molecule has 1 rings (SSSR count). The van der Waals surface area contributed by atoms with Gasteiger partial charge in [-0.3, -0.25) is 9.59 Å². The van der Waals surface area contributed by atoms with Crippen molar-refractivity contribution >= 4 is 17.5 Å². The lowest BCUT2D eigenvalue weighted by Gasteiger charge is -2.20. The van der Waals surface area contributed by atoms with Gasteiger partial charge >= 0.3 is 0 Å². The van der Waals surface area contributed by atoms with Gasteiger partial charge in [0.15, 0.2) is 0 Å². The first-order valence-corrected chi connectivity index (χ1v) is 7.80. The van der Waals surface area contributed by atoms with Crippen LogP contribution in [0.5, 0.6) is 0 Å².